The number of hydrogen-bond donors (Lipinski definition) is 1. The van der Waals surface area contributed by atoms with Crippen molar-refractivity contribution in [2.45, 2.75) is 52.1 Å². The first-order chi connectivity index (χ1) is 8.07. The van der Waals surface area contributed by atoms with E-state index in [-0.39, 0.29) is 5.54 Å². The van der Waals surface area contributed by atoms with E-state index in [2.05, 4.69) is 45.0 Å². The Balaban J connectivity index is 2.75. The third-order valence-electron chi connectivity index (χ3n) is 4.39. The summed E-state index contributed by atoms with van der Waals surface area (Å²) < 4.78 is 5.48. The molecule has 102 valence electrons. The molecule has 0 aromatic heterocycles. The molecule has 1 rings (SSSR count). The van der Waals surface area contributed by atoms with E-state index in [1.807, 2.05) is 0 Å². The molecule has 0 amide bonds. The molecule has 1 N–H and O–H groups in total. The molecular weight excluding hydrogens is 212 g/mol. The van der Waals surface area contributed by atoms with Crippen LogP contribution in [-0.4, -0.2) is 49.8 Å². The lowest BCUT2D eigenvalue weighted by Gasteiger charge is -2.47. The number of hydrogen-bond acceptors (Lipinski definition) is 3. The van der Waals surface area contributed by atoms with Crippen molar-refractivity contribution >= 4 is 0 Å². The molecule has 1 aliphatic heterocycles. The van der Waals surface area contributed by atoms with Crippen LogP contribution < -0.4 is 5.32 Å². The molecule has 0 aliphatic carbocycles. The van der Waals surface area contributed by atoms with Gasteiger partial charge in [0.15, 0.2) is 0 Å². The lowest BCUT2D eigenvalue weighted by molar-refractivity contribution is 0.0109. The minimum Gasteiger partial charge on any atom is -0.381 e. The van der Waals surface area contributed by atoms with Gasteiger partial charge in [0.25, 0.3) is 0 Å². The average molecular weight is 242 g/mol. The molecule has 0 aromatic rings. The SMILES string of the molecule is CCN(CC)C(C)(C)C(NC)C1CCOCC1. The first-order valence-electron chi connectivity index (χ1n) is 7.07. The van der Waals surface area contributed by atoms with Crippen LogP contribution in [0.1, 0.15) is 40.5 Å². The van der Waals surface area contributed by atoms with E-state index in [1.165, 1.54) is 12.8 Å². The Hall–Kier alpha value is -0.120. The smallest absolute Gasteiger partial charge is 0.0469 e. The predicted octanol–water partition coefficient (Wildman–Crippen LogP) is 2.12. The molecule has 1 atom stereocenters. The second kappa shape index (κ2) is 6.72. The van der Waals surface area contributed by atoms with Gasteiger partial charge in [-0.15, -0.1) is 0 Å². The van der Waals surface area contributed by atoms with E-state index in [4.69, 9.17) is 4.74 Å². The van der Waals surface area contributed by atoms with Crippen LogP contribution in [0.5, 0.6) is 0 Å². The zero-order chi connectivity index (χ0) is 12.9. The van der Waals surface area contributed by atoms with Gasteiger partial charge in [-0.1, -0.05) is 13.8 Å². The number of ether oxygens (including phenoxy) is 1. The summed E-state index contributed by atoms with van der Waals surface area (Å²) in [5.41, 5.74) is 0.209. The van der Waals surface area contributed by atoms with Crippen LogP contribution in [0.15, 0.2) is 0 Å². The molecule has 0 aromatic carbocycles. The van der Waals surface area contributed by atoms with Gasteiger partial charge in [0.1, 0.15) is 0 Å². The molecule has 17 heavy (non-hydrogen) atoms. The topological polar surface area (TPSA) is 24.5 Å². The molecule has 1 unspecified atom stereocenters. The van der Waals surface area contributed by atoms with Crippen LogP contribution >= 0.6 is 0 Å². The third-order valence-corrected chi connectivity index (χ3v) is 4.39. The molecule has 0 spiro atoms. The largest absolute Gasteiger partial charge is 0.381 e. The van der Waals surface area contributed by atoms with E-state index in [9.17, 15) is 0 Å². The van der Waals surface area contributed by atoms with Gasteiger partial charge in [0.2, 0.25) is 0 Å². The highest BCUT2D eigenvalue weighted by Crippen LogP contribution is 2.29. The number of nitrogens with zero attached hydrogens (tertiary/aromatic N) is 1. The van der Waals surface area contributed by atoms with Gasteiger partial charge in [-0.3, -0.25) is 4.90 Å². The van der Waals surface area contributed by atoms with Crippen molar-refractivity contribution in [2.24, 2.45) is 5.92 Å². The summed E-state index contributed by atoms with van der Waals surface area (Å²) in [7, 11) is 2.10. The molecule has 0 saturated carbocycles. The van der Waals surface area contributed by atoms with Crippen LogP contribution in [0.3, 0.4) is 0 Å². The third kappa shape index (κ3) is 3.43. The van der Waals surface area contributed by atoms with Gasteiger partial charge in [-0.05, 0) is 52.7 Å². The fourth-order valence-electron chi connectivity index (χ4n) is 3.45. The van der Waals surface area contributed by atoms with Crippen LogP contribution in [0.2, 0.25) is 0 Å². The van der Waals surface area contributed by atoms with Gasteiger partial charge >= 0.3 is 0 Å². The summed E-state index contributed by atoms with van der Waals surface area (Å²) in [5.74, 6) is 0.740. The maximum absolute atomic E-state index is 5.48. The fourth-order valence-corrected chi connectivity index (χ4v) is 3.45. The minimum atomic E-state index is 0.209. The van der Waals surface area contributed by atoms with Crippen LogP contribution in [0.25, 0.3) is 0 Å². The van der Waals surface area contributed by atoms with Gasteiger partial charge in [-0.25, -0.2) is 0 Å². The summed E-state index contributed by atoms with van der Waals surface area (Å²) in [6.07, 6.45) is 2.38. The van der Waals surface area contributed by atoms with Crippen molar-refractivity contribution < 1.29 is 4.74 Å². The molecule has 1 aliphatic rings. The zero-order valence-electron chi connectivity index (χ0n) is 12.3. The van der Waals surface area contributed by atoms with Crippen LogP contribution in [0, 0.1) is 5.92 Å². The van der Waals surface area contributed by atoms with Crippen molar-refractivity contribution in [1.82, 2.24) is 10.2 Å². The van der Waals surface area contributed by atoms with E-state index < -0.39 is 0 Å². The fraction of sp³-hybridized carbons (Fsp3) is 1.00. The standard InChI is InChI=1S/C14H30N2O/c1-6-16(7-2)14(3,4)13(15-5)12-8-10-17-11-9-12/h12-13,15H,6-11H2,1-5H3. The zero-order valence-corrected chi connectivity index (χ0v) is 12.3. The van der Waals surface area contributed by atoms with Gasteiger partial charge < -0.3 is 10.1 Å². The molecule has 3 nitrogen and oxygen atoms in total. The molecule has 1 heterocycles. The quantitative estimate of drug-likeness (QED) is 0.772. The summed E-state index contributed by atoms with van der Waals surface area (Å²) in [5, 5.41) is 3.56. The Labute approximate surface area is 107 Å². The monoisotopic (exact) mass is 242 g/mol. The molecular formula is C14H30N2O. The Morgan fingerprint density at radius 1 is 1.24 bits per heavy atom. The van der Waals surface area contributed by atoms with Crippen molar-refractivity contribution in [1.29, 1.82) is 0 Å². The highest BCUT2D eigenvalue weighted by Gasteiger charge is 2.38. The van der Waals surface area contributed by atoms with E-state index in [1.54, 1.807) is 0 Å². The van der Waals surface area contributed by atoms with Crippen molar-refractivity contribution in [2.75, 3.05) is 33.4 Å². The molecule has 1 fully saturated rings. The summed E-state index contributed by atoms with van der Waals surface area (Å²) in [6, 6.07) is 0.548. The second-order valence-corrected chi connectivity index (χ2v) is 5.54. The van der Waals surface area contributed by atoms with E-state index in [0.717, 1.165) is 32.2 Å². The Bertz CT molecular complexity index is 208. The molecule has 1 saturated heterocycles. The summed E-state index contributed by atoms with van der Waals surface area (Å²) >= 11 is 0. The number of likely N-dealkylation sites (N-methyl/N-ethyl adjacent to an activating group) is 2. The van der Waals surface area contributed by atoms with Gasteiger partial charge in [0, 0.05) is 24.8 Å². The van der Waals surface area contributed by atoms with E-state index in [0.29, 0.717) is 6.04 Å². The van der Waals surface area contributed by atoms with Crippen LogP contribution in [0.4, 0.5) is 0 Å². The minimum absolute atomic E-state index is 0.209. The van der Waals surface area contributed by atoms with Crippen molar-refractivity contribution in [3.63, 3.8) is 0 Å². The van der Waals surface area contributed by atoms with E-state index >= 15 is 0 Å². The Kier molecular flexibility index (Phi) is 5.90. The molecule has 0 bridgehead atoms. The Morgan fingerprint density at radius 3 is 2.18 bits per heavy atom. The lowest BCUT2D eigenvalue weighted by Crippen LogP contribution is -2.60. The van der Waals surface area contributed by atoms with Crippen molar-refractivity contribution in [3.05, 3.63) is 0 Å². The van der Waals surface area contributed by atoms with Gasteiger partial charge in [0.05, 0.1) is 0 Å². The predicted molar refractivity (Wildman–Crippen MR) is 73.4 cm³/mol. The number of nitrogens with one attached hydrogen (secondary N) is 1. The average Bonchev–Trinajstić information content (AvgIpc) is 2.32. The van der Waals surface area contributed by atoms with Gasteiger partial charge in [-0.2, -0.15) is 0 Å². The first kappa shape index (κ1) is 14.9. The lowest BCUT2D eigenvalue weighted by atomic mass is 9.79. The second-order valence-electron chi connectivity index (χ2n) is 5.54. The summed E-state index contributed by atoms with van der Waals surface area (Å²) in [4.78, 5) is 2.56. The first-order valence-corrected chi connectivity index (χ1v) is 7.07. The van der Waals surface area contributed by atoms with Crippen molar-refractivity contribution in [3.8, 4) is 0 Å². The molecule has 3 heteroatoms. The summed E-state index contributed by atoms with van der Waals surface area (Å²) in [6.45, 7) is 13.3. The Morgan fingerprint density at radius 2 is 1.76 bits per heavy atom. The highest BCUT2D eigenvalue weighted by atomic mass is 16.5. The maximum Gasteiger partial charge on any atom is 0.0469 e. The molecule has 0 radical (unpaired) electrons. The van der Waals surface area contributed by atoms with Crippen LogP contribution in [-0.2, 0) is 4.74 Å². The highest BCUT2D eigenvalue weighted by molar-refractivity contribution is 4.96. The maximum atomic E-state index is 5.48. The normalized spacial score (nSPS) is 20.8. The number of rotatable bonds is 6.